The minimum absolute atomic E-state index is 0.343. The van der Waals surface area contributed by atoms with Crippen LogP contribution in [-0.4, -0.2) is 21.6 Å². The van der Waals surface area contributed by atoms with Crippen LogP contribution in [-0.2, 0) is 16.3 Å². The predicted octanol–water partition coefficient (Wildman–Crippen LogP) is -1.01. The van der Waals surface area contributed by atoms with Crippen LogP contribution < -0.4 is 11.5 Å². The van der Waals surface area contributed by atoms with Gasteiger partial charge in [-0.15, -0.1) is 0 Å². The van der Waals surface area contributed by atoms with Crippen molar-refractivity contribution in [3.63, 3.8) is 0 Å². The summed E-state index contributed by atoms with van der Waals surface area (Å²) in [6.45, 7) is -3.66. The van der Waals surface area contributed by atoms with Gasteiger partial charge in [0.1, 0.15) is 5.72 Å². The van der Waals surface area contributed by atoms with Gasteiger partial charge in [-0.3, -0.25) is 4.52 Å². The van der Waals surface area contributed by atoms with E-state index in [0.717, 1.165) is 6.42 Å². The van der Waals surface area contributed by atoms with E-state index in [1.807, 2.05) is 0 Å². The molecule has 0 aromatic heterocycles. The third-order valence-corrected chi connectivity index (χ3v) is 2.56. The molecule has 0 spiro atoms. The van der Waals surface area contributed by atoms with Crippen molar-refractivity contribution < 1.29 is 14.3 Å². The Morgan fingerprint density at radius 1 is 1.64 bits per heavy atom. The van der Waals surface area contributed by atoms with Gasteiger partial charge in [0, 0.05) is 6.04 Å². The van der Waals surface area contributed by atoms with Gasteiger partial charge < -0.3 is 21.3 Å². The van der Waals surface area contributed by atoms with Crippen molar-refractivity contribution in [2.24, 2.45) is 11.5 Å². The summed E-state index contributed by atoms with van der Waals surface area (Å²) in [4.78, 5) is 17.5. The molecule has 1 fully saturated rings. The molecular weight excluding hydrogens is 187 g/mol. The molecule has 0 aromatic rings. The molecule has 0 radical (unpaired) electrons. The lowest BCUT2D eigenvalue weighted by Gasteiger charge is -2.44. The molecular formula is C4H11N2O3PS. The molecule has 1 saturated carbocycles. The van der Waals surface area contributed by atoms with E-state index < -0.39 is 12.4 Å². The van der Waals surface area contributed by atoms with E-state index in [1.54, 1.807) is 0 Å². The maximum Gasteiger partial charge on any atom is 0.323 e. The Labute approximate surface area is 69.6 Å². The molecule has 7 heteroatoms. The molecule has 6 N–H and O–H groups in total. The second-order valence-electron chi connectivity index (χ2n) is 2.68. The van der Waals surface area contributed by atoms with Gasteiger partial charge in [0.2, 0.25) is 0 Å². The van der Waals surface area contributed by atoms with E-state index in [4.69, 9.17) is 21.3 Å². The fourth-order valence-electron chi connectivity index (χ4n) is 0.930. The highest BCUT2D eigenvalue weighted by Gasteiger charge is 2.45. The van der Waals surface area contributed by atoms with Crippen LogP contribution in [0, 0.1) is 0 Å². The quantitative estimate of drug-likeness (QED) is 0.335. The zero-order chi connectivity index (χ0) is 8.70. The summed E-state index contributed by atoms with van der Waals surface area (Å²) in [6.07, 6.45) is 1.25. The molecule has 0 heterocycles. The molecule has 0 amide bonds. The molecule has 1 aliphatic carbocycles. The summed E-state index contributed by atoms with van der Waals surface area (Å²) in [7, 11) is 0. The minimum Gasteiger partial charge on any atom is -0.324 e. The van der Waals surface area contributed by atoms with Crippen LogP contribution in [0.4, 0.5) is 0 Å². The summed E-state index contributed by atoms with van der Waals surface area (Å²) in [5.74, 6) is 0. The maximum atomic E-state index is 8.76. The summed E-state index contributed by atoms with van der Waals surface area (Å²) in [5, 5.41) is 0. The first-order valence-corrected chi connectivity index (χ1v) is 5.77. The van der Waals surface area contributed by atoms with E-state index in [-0.39, 0.29) is 6.04 Å². The average molecular weight is 198 g/mol. The minimum atomic E-state index is -3.66. The smallest absolute Gasteiger partial charge is 0.323 e. The Kier molecular flexibility index (Phi) is 2.38. The monoisotopic (exact) mass is 198 g/mol. The van der Waals surface area contributed by atoms with Crippen molar-refractivity contribution in [2.45, 2.75) is 24.6 Å². The molecule has 0 bridgehead atoms. The van der Waals surface area contributed by atoms with Gasteiger partial charge in [-0.1, -0.05) is 0 Å². The van der Waals surface area contributed by atoms with Gasteiger partial charge in [-0.25, -0.2) is 0 Å². The molecule has 5 nitrogen and oxygen atoms in total. The summed E-state index contributed by atoms with van der Waals surface area (Å²) in [6, 6.07) is -0.343. The van der Waals surface area contributed by atoms with Crippen molar-refractivity contribution >= 4 is 18.5 Å². The van der Waals surface area contributed by atoms with Crippen LogP contribution in [0.25, 0.3) is 0 Å². The molecule has 0 aliphatic heterocycles. The van der Waals surface area contributed by atoms with Crippen molar-refractivity contribution in [3.05, 3.63) is 0 Å². The van der Waals surface area contributed by atoms with Crippen molar-refractivity contribution in [3.8, 4) is 0 Å². The highest BCUT2D eigenvalue weighted by atomic mass is 32.5. The van der Waals surface area contributed by atoms with Gasteiger partial charge in [-0.05, 0) is 24.6 Å². The van der Waals surface area contributed by atoms with Gasteiger partial charge in [0.15, 0.2) is 0 Å². The second kappa shape index (κ2) is 2.74. The van der Waals surface area contributed by atoms with Crippen molar-refractivity contribution in [2.75, 3.05) is 0 Å². The molecule has 1 aliphatic rings. The third-order valence-electron chi connectivity index (χ3n) is 1.76. The summed E-state index contributed by atoms with van der Waals surface area (Å²) >= 11 is 4.25. The first kappa shape index (κ1) is 9.54. The van der Waals surface area contributed by atoms with Gasteiger partial charge in [0.25, 0.3) is 0 Å². The molecule has 66 valence electrons. The normalized spacial score (nSPS) is 38.4. The summed E-state index contributed by atoms with van der Waals surface area (Å²) in [5.41, 5.74) is 9.88. The van der Waals surface area contributed by atoms with Crippen LogP contribution >= 0.6 is 6.72 Å². The number of hydrogen-bond donors (Lipinski definition) is 4. The average Bonchev–Trinajstić information content (AvgIpc) is 1.81. The lowest BCUT2D eigenvalue weighted by molar-refractivity contribution is -0.0328. The number of rotatable bonds is 2. The molecule has 1 rings (SSSR count). The zero-order valence-corrected chi connectivity index (χ0v) is 7.52. The standard InChI is InChI=1S/C4H11N2O3PS/c5-3-1-2-4(3,6)9-10(7,8)11/h3H,1-2,5-6H2,(H2,7,8,11). The topological polar surface area (TPSA) is 102 Å². The zero-order valence-electron chi connectivity index (χ0n) is 5.80. The van der Waals surface area contributed by atoms with Crippen LogP contribution in [0.15, 0.2) is 0 Å². The Balaban J connectivity index is 2.55. The lowest BCUT2D eigenvalue weighted by atomic mass is 9.84. The van der Waals surface area contributed by atoms with E-state index in [1.165, 1.54) is 0 Å². The molecule has 2 atom stereocenters. The summed E-state index contributed by atoms with van der Waals surface area (Å²) < 4.78 is 4.66. The molecule has 11 heavy (non-hydrogen) atoms. The maximum absolute atomic E-state index is 8.76. The van der Waals surface area contributed by atoms with E-state index in [2.05, 4.69) is 16.3 Å². The van der Waals surface area contributed by atoms with Gasteiger partial charge in [-0.2, -0.15) is 0 Å². The van der Waals surface area contributed by atoms with Gasteiger partial charge >= 0.3 is 6.72 Å². The van der Waals surface area contributed by atoms with Crippen LogP contribution in [0.1, 0.15) is 12.8 Å². The van der Waals surface area contributed by atoms with E-state index in [9.17, 15) is 0 Å². The van der Waals surface area contributed by atoms with Crippen molar-refractivity contribution in [1.29, 1.82) is 0 Å². The predicted molar refractivity (Wildman–Crippen MR) is 43.9 cm³/mol. The lowest BCUT2D eigenvalue weighted by Crippen LogP contribution is -2.64. The van der Waals surface area contributed by atoms with E-state index in [0.29, 0.717) is 6.42 Å². The fourth-order valence-corrected chi connectivity index (χ4v) is 2.02. The second-order valence-corrected chi connectivity index (χ2v) is 5.27. The Morgan fingerprint density at radius 3 is 2.27 bits per heavy atom. The molecule has 0 saturated heterocycles. The Morgan fingerprint density at radius 2 is 2.18 bits per heavy atom. The SMILES string of the molecule is NC1CCC1(N)OP(O)(O)=S. The number of nitrogens with two attached hydrogens (primary N) is 2. The first-order chi connectivity index (χ1) is 4.83. The fraction of sp³-hybridized carbons (Fsp3) is 1.00. The highest BCUT2D eigenvalue weighted by molar-refractivity contribution is 8.06. The van der Waals surface area contributed by atoms with E-state index >= 15 is 0 Å². The van der Waals surface area contributed by atoms with Crippen LogP contribution in [0.3, 0.4) is 0 Å². The highest BCUT2D eigenvalue weighted by Crippen LogP contribution is 2.46. The first-order valence-electron chi connectivity index (χ1n) is 3.14. The number of hydrogen-bond acceptors (Lipinski definition) is 4. The van der Waals surface area contributed by atoms with Crippen LogP contribution in [0.2, 0.25) is 0 Å². The third kappa shape index (κ3) is 2.19. The van der Waals surface area contributed by atoms with Crippen molar-refractivity contribution in [1.82, 2.24) is 0 Å². The van der Waals surface area contributed by atoms with Crippen LogP contribution in [0.5, 0.6) is 0 Å². The molecule has 0 aromatic carbocycles. The Hall–Kier alpha value is 0.450. The largest absolute Gasteiger partial charge is 0.324 e. The van der Waals surface area contributed by atoms with Gasteiger partial charge in [0.05, 0.1) is 0 Å². The Bertz CT molecular complexity index is 208. The molecule has 2 unspecified atom stereocenters.